The van der Waals surface area contributed by atoms with Crippen molar-refractivity contribution in [2.24, 2.45) is 0 Å². The van der Waals surface area contributed by atoms with Crippen molar-refractivity contribution in [3.63, 3.8) is 0 Å². The SMILES string of the molecule is COc1cccc(NC(=O)c2cc(Nc3cccc(Cl)c3C)ccn2)c1. The lowest BCUT2D eigenvalue weighted by Crippen LogP contribution is -2.13. The third-order valence-corrected chi connectivity index (χ3v) is 4.28. The molecule has 3 rings (SSSR count). The van der Waals surface area contributed by atoms with E-state index in [-0.39, 0.29) is 5.91 Å². The molecule has 1 amide bonds. The number of hydrogen-bond acceptors (Lipinski definition) is 4. The van der Waals surface area contributed by atoms with E-state index < -0.39 is 0 Å². The Morgan fingerprint density at radius 3 is 2.69 bits per heavy atom. The number of benzene rings is 2. The standard InChI is InChI=1S/C20H18ClN3O2/c1-13-17(21)7-4-8-18(13)23-15-9-10-22-19(12-15)20(25)24-14-5-3-6-16(11-14)26-2/h3-12H,1-2H3,(H,22,23)(H,24,25). The lowest BCUT2D eigenvalue weighted by molar-refractivity contribution is 0.102. The highest BCUT2D eigenvalue weighted by Gasteiger charge is 2.10. The Bertz CT molecular complexity index is 944. The van der Waals surface area contributed by atoms with Gasteiger partial charge in [-0.1, -0.05) is 23.7 Å². The van der Waals surface area contributed by atoms with Crippen LogP contribution in [0.25, 0.3) is 0 Å². The number of carbonyl (C=O) groups excluding carboxylic acids is 1. The molecule has 0 aliphatic rings. The number of amides is 1. The number of anilines is 3. The molecule has 0 radical (unpaired) electrons. The maximum absolute atomic E-state index is 12.5. The number of aromatic nitrogens is 1. The summed E-state index contributed by atoms with van der Waals surface area (Å²) in [5, 5.41) is 6.76. The molecule has 0 spiro atoms. The van der Waals surface area contributed by atoms with Crippen molar-refractivity contribution >= 4 is 34.6 Å². The highest BCUT2D eigenvalue weighted by molar-refractivity contribution is 6.31. The molecule has 2 aromatic carbocycles. The first-order valence-electron chi connectivity index (χ1n) is 8.00. The van der Waals surface area contributed by atoms with Crippen LogP contribution in [-0.4, -0.2) is 18.0 Å². The number of pyridine rings is 1. The van der Waals surface area contributed by atoms with E-state index in [2.05, 4.69) is 15.6 Å². The number of rotatable bonds is 5. The van der Waals surface area contributed by atoms with Crippen LogP contribution in [0.2, 0.25) is 5.02 Å². The van der Waals surface area contributed by atoms with Crippen molar-refractivity contribution in [1.82, 2.24) is 4.98 Å². The Morgan fingerprint density at radius 2 is 1.88 bits per heavy atom. The Morgan fingerprint density at radius 1 is 1.08 bits per heavy atom. The predicted octanol–water partition coefficient (Wildman–Crippen LogP) is 5.05. The molecule has 0 aliphatic heterocycles. The summed E-state index contributed by atoms with van der Waals surface area (Å²) < 4.78 is 5.16. The molecule has 0 saturated carbocycles. The third kappa shape index (κ3) is 4.13. The molecule has 6 heteroatoms. The molecule has 1 aromatic heterocycles. The van der Waals surface area contributed by atoms with E-state index in [9.17, 15) is 4.79 Å². The van der Waals surface area contributed by atoms with E-state index in [1.165, 1.54) is 0 Å². The smallest absolute Gasteiger partial charge is 0.274 e. The van der Waals surface area contributed by atoms with Crippen LogP contribution in [0.4, 0.5) is 17.1 Å². The average Bonchev–Trinajstić information content (AvgIpc) is 2.66. The zero-order chi connectivity index (χ0) is 18.5. The lowest BCUT2D eigenvalue weighted by atomic mass is 10.2. The summed E-state index contributed by atoms with van der Waals surface area (Å²) in [6, 6.07) is 16.3. The number of halogens is 1. The van der Waals surface area contributed by atoms with Gasteiger partial charge in [-0.15, -0.1) is 0 Å². The average molecular weight is 368 g/mol. The maximum atomic E-state index is 12.5. The molecule has 0 fully saturated rings. The quantitative estimate of drug-likeness (QED) is 0.662. The molecule has 0 saturated heterocycles. The van der Waals surface area contributed by atoms with Crippen LogP contribution in [0, 0.1) is 6.92 Å². The molecule has 0 bridgehead atoms. The summed E-state index contributed by atoms with van der Waals surface area (Å²) >= 11 is 6.15. The minimum Gasteiger partial charge on any atom is -0.497 e. The minimum absolute atomic E-state index is 0.301. The van der Waals surface area contributed by atoms with E-state index in [4.69, 9.17) is 16.3 Å². The topological polar surface area (TPSA) is 63.2 Å². The second-order valence-corrected chi connectivity index (χ2v) is 6.06. The molecule has 0 aliphatic carbocycles. The van der Waals surface area contributed by atoms with Crippen LogP contribution in [0.5, 0.6) is 5.75 Å². The van der Waals surface area contributed by atoms with Crippen molar-refractivity contribution in [1.29, 1.82) is 0 Å². The van der Waals surface area contributed by atoms with Gasteiger partial charge >= 0.3 is 0 Å². The fourth-order valence-electron chi connectivity index (χ4n) is 2.43. The Labute approximate surface area is 157 Å². The highest BCUT2D eigenvalue weighted by Crippen LogP contribution is 2.26. The van der Waals surface area contributed by atoms with Crippen LogP contribution in [0.15, 0.2) is 60.8 Å². The molecular formula is C20H18ClN3O2. The Balaban J connectivity index is 1.78. The van der Waals surface area contributed by atoms with Gasteiger partial charge in [0.05, 0.1) is 7.11 Å². The Kier molecular flexibility index (Phi) is 5.39. The van der Waals surface area contributed by atoms with Gasteiger partial charge in [0.1, 0.15) is 11.4 Å². The minimum atomic E-state index is -0.301. The number of carbonyl (C=O) groups is 1. The van der Waals surface area contributed by atoms with Gasteiger partial charge in [0.25, 0.3) is 5.91 Å². The van der Waals surface area contributed by atoms with Crippen LogP contribution in [0.1, 0.15) is 16.1 Å². The molecule has 2 N–H and O–H groups in total. The number of ether oxygens (including phenoxy) is 1. The van der Waals surface area contributed by atoms with E-state index in [1.807, 2.05) is 37.3 Å². The maximum Gasteiger partial charge on any atom is 0.274 e. The van der Waals surface area contributed by atoms with Crippen molar-refractivity contribution < 1.29 is 9.53 Å². The van der Waals surface area contributed by atoms with Gasteiger partial charge in [0.2, 0.25) is 0 Å². The molecule has 5 nitrogen and oxygen atoms in total. The second-order valence-electron chi connectivity index (χ2n) is 5.65. The first-order valence-corrected chi connectivity index (χ1v) is 8.38. The highest BCUT2D eigenvalue weighted by atomic mass is 35.5. The van der Waals surface area contributed by atoms with Crippen LogP contribution >= 0.6 is 11.6 Å². The number of hydrogen-bond donors (Lipinski definition) is 2. The molecule has 26 heavy (non-hydrogen) atoms. The fourth-order valence-corrected chi connectivity index (χ4v) is 2.60. The molecular weight excluding hydrogens is 350 g/mol. The number of nitrogens with one attached hydrogen (secondary N) is 2. The van der Waals surface area contributed by atoms with Gasteiger partial charge in [-0.05, 0) is 48.9 Å². The molecule has 1 heterocycles. The van der Waals surface area contributed by atoms with Gasteiger partial charge in [0, 0.05) is 34.3 Å². The first kappa shape index (κ1) is 17.8. The fraction of sp³-hybridized carbons (Fsp3) is 0.100. The largest absolute Gasteiger partial charge is 0.497 e. The summed E-state index contributed by atoms with van der Waals surface area (Å²) in [7, 11) is 1.58. The van der Waals surface area contributed by atoms with E-state index in [1.54, 1.807) is 37.6 Å². The monoisotopic (exact) mass is 367 g/mol. The molecule has 0 atom stereocenters. The van der Waals surface area contributed by atoms with Crippen molar-refractivity contribution in [2.45, 2.75) is 6.92 Å². The number of nitrogens with zero attached hydrogens (tertiary/aromatic N) is 1. The van der Waals surface area contributed by atoms with Crippen LogP contribution in [0.3, 0.4) is 0 Å². The van der Waals surface area contributed by atoms with Crippen molar-refractivity contribution in [3.8, 4) is 5.75 Å². The third-order valence-electron chi connectivity index (χ3n) is 3.87. The summed E-state index contributed by atoms with van der Waals surface area (Å²) in [5.74, 6) is 0.368. The number of methoxy groups -OCH3 is 1. The van der Waals surface area contributed by atoms with E-state index >= 15 is 0 Å². The summed E-state index contributed by atoms with van der Waals surface area (Å²) in [4.78, 5) is 16.6. The lowest BCUT2D eigenvalue weighted by Gasteiger charge is -2.12. The van der Waals surface area contributed by atoms with Gasteiger partial charge in [-0.2, -0.15) is 0 Å². The van der Waals surface area contributed by atoms with Crippen molar-refractivity contribution in [3.05, 3.63) is 77.1 Å². The molecule has 132 valence electrons. The van der Waals surface area contributed by atoms with Gasteiger partial charge in [0.15, 0.2) is 0 Å². The van der Waals surface area contributed by atoms with Gasteiger partial charge in [-0.25, -0.2) is 0 Å². The van der Waals surface area contributed by atoms with Crippen LogP contribution < -0.4 is 15.4 Å². The normalized spacial score (nSPS) is 10.3. The zero-order valence-electron chi connectivity index (χ0n) is 14.4. The Hall–Kier alpha value is -3.05. The molecule has 3 aromatic rings. The van der Waals surface area contributed by atoms with Crippen LogP contribution in [-0.2, 0) is 0 Å². The van der Waals surface area contributed by atoms with Crippen molar-refractivity contribution in [2.75, 3.05) is 17.7 Å². The first-order chi connectivity index (χ1) is 12.6. The summed E-state index contributed by atoms with van der Waals surface area (Å²) in [6.45, 7) is 1.93. The second kappa shape index (κ2) is 7.89. The van der Waals surface area contributed by atoms with Gasteiger partial charge in [-0.3, -0.25) is 9.78 Å². The zero-order valence-corrected chi connectivity index (χ0v) is 15.2. The molecule has 0 unspecified atom stereocenters. The summed E-state index contributed by atoms with van der Waals surface area (Å²) in [6.07, 6.45) is 1.59. The summed E-state index contributed by atoms with van der Waals surface area (Å²) in [5.41, 5.74) is 3.51. The van der Waals surface area contributed by atoms with E-state index in [0.29, 0.717) is 22.2 Å². The predicted molar refractivity (Wildman–Crippen MR) is 105 cm³/mol. The van der Waals surface area contributed by atoms with E-state index in [0.717, 1.165) is 16.9 Å². The van der Waals surface area contributed by atoms with Gasteiger partial charge < -0.3 is 15.4 Å².